The molecule has 21 heavy (non-hydrogen) atoms. The van der Waals surface area contributed by atoms with Crippen LogP contribution in [0.1, 0.15) is 63.9 Å². The molecule has 3 heteroatoms. The molecular weight excluding hydrogens is 264 g/mol. The first-order chi connectivity index (χ1) is 10.1. The molecule has 0 saturated heterocycles. The second-order valence-electron chi connectivity index (χ2n) is 6.09. The van der Waals surface area contributed by atoms with Crippen LogP contribution in [0.15, 0.2) is 24.3 Å². The van der Waals surface area contributed by atoms with Crippen molar-refractivity contribution in [3.05, 3.63) is 29.8 Å². The van der Waals surface area contributed by atoms with Gasteiger partial charge in [0.15, 0.2) is 0 Å². The Balaban J connectivity index is 2.10. The Morgan fingerprint density at radius 2 is 2.05 bits per heavy atom. The molecule has 0 aliphatic heterocycles. The molecule has 0 spiro atoms. The van der Waals surface area contributed by atoms with Gasteiger partial charge in [-0.25, -0.2) is 0 Å². The van der Waals surface area contributed by atoms with E-state index < -0.39 is 5.97 Å². The number of carboxylic acid groups (broad SMARTS) is 1. The number of hydrogen-bond acceptors (Lipinski definition) is 2. The van der Waals surface area contributed by atoms with Crippen molar-refractivity contribution in [2.75, 3.05) is 0 Å². The Kier molecular flexibility index (Phi) is 5.66. The minimum atomic E-state index is -0.736. The lowest BCUT2D eigenvalue weighted by Crippen LogP contribution is -2.20. The first-order valence-electron chi connectivity index (χ1n) is 8.11. The maximum atomic E-state index is 11.2. The van der Waals surface area contributed by atoms with Gasteiger partial charge in [-0.15, -0.1) is 0 Å². The topological polar surface area (TPSA) is 46.5 Å². The zero-order valence-corrected chi connectivity index (χ0v) is 13.0. The normalized spacial score (nSPS) is 19.0. The lowest BCUT2D eigenvalue weighted by Gasteiger charge is -2.24. The standard InChI is InChI=1S/C18H26O3/c1-3-17(13(2)18(19)20)14-8-7-11-16(12-14)21-15-9-5-4-6-10-15/h7-8,11-13,15,17H,3-6,9-10H2,1-2H3,(H,19,20)/t13-,17-/m1/s1. The van der Waals surface area contributed by atoms with Crippen LogP contribution in [0.5, 0.6) is 5.75 Å². The molecule has 1 aromatic carbocycles. The maximum Gasteiger partial charge on any atom is 0.306 e. The van der Waals surface area contributed by atoms with E-state index >= 15 is 0 Å². The van der Waals surface area contributed by atoms with E-state index in [4.69, 9.17) is 4.74 Å². The first kappa shape index (κ1) is 15.9. The molecule has 1 N–H and O–H groups in total. The zero-order valence-electron chi connectivity index (χ0n) is 13.0. The number of aliphatic carboxylic acids is 1. The molecule has 1 aliphatic carbocycles. The van der Waals surface area contributed by atoms with Gasteiger partial charge in [0.2, 0.25) is 0 Å². The number of carboxylic acids is 1. The first-order valence-corrected chi connectivity index (χ1v) is 8.11. The molecule has 1 saturated carbocycles. The zero-order chi connectivity index (χ0) is 15.2. The second kappa shape index (κ2) is 7.48. The smallest absolute Gasteiger partial charge is 0.306 e. The van der Waals surface area contributed by atoms with Gasteiger partial charge in [-0.1, -0.05) is 32.4 Å². The number of rotatable bonds is 6. The van der Waals surface area contributed by atoms with Crippen LogP contribution in [0.4, 0.5) is 0 Å². The summed E-state index contributed by atoms with van der Waals surface area (Å²) in [6, 6.07) is 8.00. The van der Waals surface area contributed by atoms with Crippen molar-refractivity contribution in [2.45, 2.75) is 64.4 Å². The summed E-state index contributed by atoms with van der Waals surface area (Å²) in [4.78, 5) is 11.2. The molecule has 0 amide bonds. The molecule has 1 aromatic rings. The Morgan fingerprint density at radius 1 is 1.33 bits per heavy atom. The molecule has 0 radical (unpaired) electrons. The summed E-state index contributed by atoms with van der Waals surface area (Å²) in [6.45, 7) is 3.82. The van der Waals surface area contributed by atoms with E-state index in [-0.39, 0.29) is 11.8 Å². The van der Waals surface area contributed by atoms with Crippen LogP contribution in [0, 0.1) is 5.92 Å². The van der Waals surface area contributed by atoms with Crippen LogP contribution in [0.3, 0.4) is 0 Å². The summed E-state index contributed by atoms with van der Waals surface area (Å²) in [6.07, 6.45) is 7.22. The number of ether oxygens (including phenoxy) is 1. The van der Waals surface area contributed by atoms with Gasteiger partial charge in [0.05, 0.1) is 12.0 Å². The molecule has 1 aliphatic rings. The Labute approximate surface area is 127 Å². The quantitative estimate of drug-likeness (QED) is 0.832. The van der Waals surface area contributed by atoms with E-state index in [1.54, 1.807) is 6.92 Å². The van der Waals surface area contributed by atoms with E-state index in [2.05, 4.69) is 0 Å². The van der Waals surface area contributed by atoms with Crippen molar-refractivity contribution in [1.82, 2.24) is 0 Å². The second-order valence-corrected chi connectivity index (χ2v) is 6.09. The minimum Gasteiger partial charge on any atom is -0.490 e. The maximum absolute atomic E-state index is 11.2. The van der Waals surface area contributed by atoms with Crippen LogP contribution in [0.2, 0.25) is 0 Å². The highest BCUT2D eigenvalue weighted by Crippen LogP contribution is 2.31. The van der Waals surface area contributed by atoms with Crippen LogP contribution >= 0.6 is 0 Å². The fourth-order valence-electron chi connectivity index (χ4n) is 3.24. The van der Waals surface area contributed by atoms with Crippen LogP contribution in [0.25, 0.3) is 0 Å². The number of carbonyl (C=O) groups is 1. The lowest BCUT2D eigenvalue weighted by molar-refractivity contribution is -0.141. The average molecular weight is 290 g/mol. The van der Waals surface area contributed by atoms with Gasteiger partial charge in [-0.3, -0.25) is 4.79 Å². The van der Waals surface area contributed by atoms with E-state index in [1.807, 2.05) is 31.2 Å². The number of hydrogen-bond donors (Lipinski definition) is 1. The molecule has 116 valence electrons. The molecular formula is C18H26O3. The van der Waals surface area contributed by atoms with Gasteiger partial charge in [0, 0.05) is 0 Å². The summed E-state index contributed by atoms with van der Waals surface area (Å²) in [7, 11) is 0. The third-order valence-electron chi connectivity index (χ3n) is 4.57. The van der Waals surface area contributed by atoms with Gasteiger partial charge in [-0.05, 0) is 55.7 Å². The van der Waals surface area contributed by atoms with Gasteiger partial charge in [-0.2, -0.15) is 0 Å². The van der Waals surface area contributed by atoms with Crippen molar-refractivity contribution >= 4 is 5.97 Å². The fourth-order valence-corrected chi connectivity index (χ4v) is 3.24. The molecule has 0 unspecified atom stereocenters. The monoisotopic (exact) mass is 290 g/mol. The molecule has 2 rings (SSSR count). The highest BCUT2D eigenvalue weighted by molar-refractivity contribution is 5.71. The highest BCUT2D eigenvalue weighted by atomic mass is 16.5. The van der Waals surface area contributed by atoms with Crippen LogP contribution in [-0.4, -0.2) is 17.2 Å². The van der Waals surface area contributed by atoms with Gasteiger partial charge in [0.1, 0.15) is 5.75 Å². The summed E-state index contributed by atoms with van der Waals surface area (Å²) >= 11 is 0. The van der Waals surface area contributed by atoms with Crippen molar-refractivity contribution in [3.8, 4) is 5.75 Å². The van der Waals surface area contributed by atoms with E-state index in [9.17, 15) is 9.90 Å². The third kappa shape index (κ3) is 4.23. The minimum absolute atomic E-state index is 0.0393. The molecule has 1 fully saturated rings. The van der Waals surface area contributed by atoms with Crippen molar-refractivity contribution < 1.29 is 14.6 Å². The van der Waals surface area contributed by atoms with Gasteiger partial charge < -0.3 is 9.84 Å². The van der Waals surface area contributed by atoms with Gasteiger partial charge in [0.25, 0.3) is 0 Å². The van der Waals surface area contributed by atoms with E-state index in [0.29, 0.717) is 6.10 Å². The van der Waals surface area contributed by atoms with Crippen molar-refractivity contribution in [3.63, 3.8) is 0 Å². The van der Waals surface area contributed by atoms with Crippen LogP contribution < -0.4 is 4.74 Å². The van der Waals surface area contributed by atoms with Crippen molar-refractivity contribution in [1.29, 1.82) is 0 Å². The Bertz CT molecular complexity index is 463. The average Bonchev–Trinajstić information content (AvgIpc) is 2.49. The molecule has 2 atom stereocenters. The molecule has 0 bridgehead atoms. The Hall–Kier alpha value is -1.51. The molecule has 0 aromatic heterocycles. The van der Waals surface area contributed by atoms with Crippen LogP contribution in [-0.2, 0) is 4.79 Å². The highest BCUT2D eigenvalue weighted by Gasteiger charge is 2.24. The molecule has 0 heterocycles. The van der Waals surface area contributed by atoms with E-state index in [0.717, 1.165) is 30.6 Å². The lowest BCUT2D eigenvalue weighted by atomic mass is 9.85. The van der Waals surface area contributed by atoms with Crippen molar-refractivity contribution in [2.24, 2.45) is 5.92 Å². The predicted molar refractivity (Wildman–Crippen MR) is 83.8 cm³/mol. The van der Waals surface area contributed by atoms with Gasteiger partial charge >= 0.3 is 5.97 Å². The molecule has 3 nitrogen and oxygen atoms in total. The summed E-state index contributed by atoms with van der Waals surface area (Å²) in [5, 5.41) is 9.24. The largest absolute Gasteiger partial charge is 0.490 e. The number of benzene rings is 1. The third-order valence-corrected chi connectivity index (χ3v) is 4.57. The summed E-state index contributed by atoms with van der Waals surface area (Å²) in [5.74, 6) is -0.187. The predicted octanol–water partition coefficient (Wildman–Crippen LogP) is 4.61. The Morgan fingerprint density at radius 3 is 2.67 bits per heavy atom. The fraction of sp³-hybridized carbons (Fsp3) is 0.611. The van der Waals surface area contributed by atoms with E-state index in [1.165, 1.54) is 19.3 Å². The SMILES string of the molecule is CC[C@@H](c1cccc(OC2CCCCC2)c1)[C@@H](C)C(=O)O. The summed E-state index contributed by atoms with van der Waals surface area (Å²) in [5.41, 5.74) is 1.07. The summed E-state index contributed by atoms with van der Waals surface area (Å²) < 4.78 is 6.08.